The molecule has 0 bridgehead atoms. The number of aryl methyl sites for hydroxylation is 1. The van der Waals surface area contributed by atoms with Gasteiger partial charge < -0.3 is 14.6 Å². The number of hydrogen-bond donors (Lipinski definition) is 1. The van der Waals surface area contributed by atoms with E-state index in [0.717, 1.165) is 22.1 Å². The second-order valence-corrected chi connectivity index (χ2v) is 9.06. The molecule has 2 heterocycles. The van der Waals surface area contributed by atoms with Gasteiger partial charge in [-0.2, -0.15) is 0 Å². The number of nitrogens with one attached hydrogen (secondary N) is 1. The van der Waals surface area contributed by atoms with E-state index in [1.807, 2.05) is 42.5 Å². The minimum Gasteiger partial charge on any atom is -0.495 e. The van der Waals surface area contributed by atoms with E-state index in [1.54, 1.807) is 18.4 Å². The summed E-state index contributed by atoms with van der Waals surface area (Å²) in [5, 5.41) is 14.6. The first-order valence-corrected chi connectivity index (χ1v) is 12.1. The van der Waals surface area contributed by atoms with Crippen molar-refractivity contribution in [3.05, 3.63) is 64.9 Å². The van der Waals surface area contributed by atoms with Crippen LogP contribution in [0, 0.1) is 6.92 Å². The number of anilines is 1. The quantitative estimate of drug-likeness (QED) is 0.337. The predicted octanol–water partition coefficient (Wildman–Crippen LogP) is 5.74. The number of methoxy groups -OCH3 is 1. The third-order valence-electron chi connectivity index (χ3n) is 5.02. The Balaban J connectivity index is 1.54. The van der Waals surface area contributed by atoms with Gasteiger partial charge >= 0.3 is 0 Å². The van der Waals surface area contributed by atoms with E-state index in [0.29, 0.717) is 18.0 Å². The van der Waals surface area contributed by atoms with Gasteiger partial charge in [-0.25, -0.2) is 0 Å². The van der Waals surface area contributed by atoms with Gasteiger partial charge in [0.1, 0.15) is 5.75 Å². The lowest BCUT2D eigenvalue weighted by Gasteiger charge is -2.10. The number of thioether (sulfide) groups is 1. The number of amides is 1. The van der Waals surface area contributed by atoms with Crippen molar-refractivity contribution >= 4 is 34.7 Å². The fraction of sp³-hybridized carbons (Fsp3) is 0.208. The summed E-state index contributed by atoms with van der Waals surface area (Å²) < 4.78 is 7.36. The van der Waals surface area contributed by atoms with Gasteiger partial charge in [-0.15, -0.1) is 21.5 Å². The Hall–Kier alpha value is -3.10. The first kappa shape index (κ1) is 22.1. The maximum absolute atomic E-state index is 12.5. The van der Waals surface area contributed by atoms with Crippen LogP contribution in [-0.4, -0.2) is 33.5 Å². The zero-order valence-electron chi connectivity index (χ0n) is 18.2. The first-order chi connectivity index (χ1) is 15.6. The molecule has 6 nitrogen and oxygen atoms in total. The van der Waals surface area contributed by atoms with E-state index in [1.165, 1.54) is 22.2 Å². The Labute approximate surface area is 195 Å². The topological polar surface area (TPSA) is 69.0 Å². The van der Waals surface area contributed by atoms with Crippen LogP contribution in [0.1, 0.15) is 11.8 Å². The summed E-state index contributed by atoms with van der Waals surface area (Å²) in [4.78, 5) is 13.8. The number of rotatable bonds is 8. The van der Waals surface area contributed by atoms with Gasteiger partial charge in [0.05, 0.1) is 18.6 Å². The first-order valence-electron chi connectivity index (χ1n) is 10.2. The second kappa shape index (κ2) is 10.0. The molecule has 4 rings (SSSR count). The molecular formula is C24H24N4O2S2. The molecule has 0 fully saturated rings. The van der Waals surface area contributed by atoms with Crippen LogP contribution in [0.3, 0.4) is 0 Å². The molecule has 0 saturated heterocycles. The number of benzene rings is 2. The van der Waals surface area contributed by atoms with Crippen LogP contribution in [-0.2, 0) is 11.3 Å². The second-order valence-electron chi connectivity index (χ2n) is 7.03. The van der Waals surface area contributed by atoms with Gasteiger partial charge in [0.15, 0.2) is 11.0 Å². The molecule has 0 aliphatic rings. The number of carbonyl (C=O) groups excluding carboxylic acids is 1. The Morgan fingerprint density at radius 3 is 2.62 bits per heavy atom. The molecule has 0 aliphatic carbocycles. The maximum Gasteiger partial charge on any atom is 0.234 e. The molecule has 0 saturated carbocycles. The lowest BCUT2D eigenvalue weighted by molar-refractivity contribution is -0.113. The van der Waals surface area contributed by atoms with Crippen LogP contribution in [0.2, 0.25) is 0 Å². The van der Waals surface area contributed by atoms with Gasteiger partial charge in [0.2, 0.25) is 5.91 Å². The van der Waals surface area contributed by atoms with Crippen molar-refractivity contribution in [2.24, 2.45) is 0 Å². The minimum atomic E-state index is -0.122. The van der Waals surface area contributed by atoms with E-state index in [2.05, 4.69) is 51.4 Å². The Bertz CT molecular complexity index is 1220. The van der Waals surface area contributed by atoms with Crippen LogP contribution in [0.25, 0.3) is 22.5 Å². The van der Waals surface area contributed by atoms with Crippen LogP contribution >= 0.6 is 23.1 Å². The highest BCUT2D eigenvalue weighted by Crippen LogP contribution is 2.39. The van der Waals surface area contributed by atoms with Gasteiger partial charge in [0, 0.05) is 27.9 Å². The number of carbonyl (C=O) groups is 1. The maximum atomic E-state index is 12.5. The van der Waals surface area contributed by atoms with E-state index in [-0.39, 0.29) is 11.7 Å². The molecule has 4 aromatic rings. The van der Waals surface area contributed by atoms with Crippen molar-refractivity contribution in [2.75, 3.05) is 18.2 Å². The normalized spacial score (nSPS) is 10.8. The van der Waals surface area contributed by atoms with E-state index in [4.69, 9.17) is 4.74 Å². The smallest absolute Gasteiger partial charge is 0.234 e. The number of para-hydroxylation sites is 2. The van der Waals surface area contributed by atoms with Crippen LogP contribution in [0.5, 0.6) is 5.75 Å². The molecule has 32 heavy (non-hydrogen) atoms. The van der Waals surface area contributed by atoms with E-state index in [9.17, 15) is 4.79 Å². The van der Waals surface area contributed by atoms with Crippen molar-refractivity contribution in [3.63, 3.8) is 0 Å². The summed E-state index contributed by atoms with van der Waals surface area (Å²) >= 11 is 3.08. The van der Waals surface area contributed by atoms with Gasteiger partial charge in [-0.1, -0.05) is 54.2 Å². The molecule has 0 spiro atoms. The molecule has 2 aromatic heterocycles. The molecule has 1 amide bonds. The SMILES string of the molecule is CCn1c(SCC(=O)Nc2ccccc2OC)nnc1-c1csc(C)c1-c1ccccc1. The fourth-order valence-corrected chi connectivity index (χ4v) is 5.19. The zero-order chi connectivity index (χ0) is 22.5. The zero-order valence-corrected chi connectivity index (χ0v) is 19.8. The fourth-order valence-electron chi connectivity index (χ4n) is 3.53. The largest absolute Gasteiger partial charge is 0.495 e. The number of thiophene rings is 1. The molecular weight excluding hydrogens is 440 g/mol. The van der Waals surface area contributed by atoms with Gasteiger partial charge in [-0.3, -0.25) is 4.79 Å². The standard InChI is InChI=1S/C24H24N4O2S2/c1-4-28-23(18-14-31-16(2)22(18)17-10-6-5-7-11-17)26-27-24(28)32-15-21(29)25-19-12-8-9-13-20(19)30-3/h5-14H,4,15H2,1-3H3,(H,25,29). The third-order valence-corrected chi connectivity index (χ3v) is 6.90. The van der Waals surface area contributed by atoms with Gasteiger partial charge in [0.25, 0.3) is 0 Å². The molecule has 0 aliphatic heterocycles. The molecule has 0 radical (unpaired) electrons. The van der Waals surface area contributed by atoms with Crippen molar-refractivity contribution in [1.82, 2.24) is 14.8 Å². The summed E-state index contributed by atoms with van der Waals surface area (Å²) in [5.41, 5.74) is 4.07. The number of aromatic nitrogens is 3. The van der Waals surface area contributed by atoms with Gasteiger partial charge in [-0.05, 0) is 31.5 Å². The van der Waals surface area contributed by atoms with Crippen LogP contribution in [0.4, 0.5) is 5.69 Å². The summed E-state index contributed by atoms with van der Waals surface area (Å²) in [7, 11) is 1.58. The highest BCUT2D eigenvalue weighted by molar-refractivity contribution is 7.99. The Morgan fingerprint density at radius 2 is 1.88 bits per heavy atom. The van der Waals surface area contributed by atoms with E-state index < -0.39 is 0 Å². The summed E-state index contributed by atoms with van der Waals surface area (Å²) in [6.45, 7) is 4.90. The predicted molar refractivity (Wildman–Crippen MR) is 132 cm³/mol. The van der Waals surface area contributed by atoms with Crippen LogP contribution in [0.15, 0.2) is 65.1 Å². The molecule has 2 aromatic carbocycles. The Morgan fingerprint density at radius 1 is 1.12 bits per heavy atom. The molecule has 164 valence electrons. The monoisotopic (exact) mass is 464 g/mol. The summed E-state index contributed by atoms with van der Waals surface area (Å²) in [6.07, 6.45) is 0. The van der Waals surface area contributed by atoms with Crippen molar-refractivity contribution in [3.8, 4) is 28.3 Å². The summed E-state index contributed by atoms with van der Waals surface area (Å²) in [5.74, 6) is 1.56. The average molecular weight is 465 g/mol. The molecule has 1 N–H and O–H groups in total. The highest BCUT2D eigenvalue weighted by atomic mass is 32.2. The average Bonchev–Trinajstić information content (AvgIpc) is 3.41. The van der Waals surface area contributed by atoms with E-state index >= 15 is 0 Å². The molecule has 0 atom stereocenters. The number of ether oxygens (including phenoxy) is 1. The lowest BCUT2D eigenvalue weighted by Crippen LogP contribution is -2.15. The lowest BCUT2D eigenvalue weighted by atomic mass is 10.0. The van der Waals surface area contributed by atoms with Crippen molar-refractivity contribution < 1.29 is 9.53 Å². The third kappa shape index (κ3) is 4.56. The summed E-state index contributed by atoms with van der Waals surface area (Å²) in [6, 6.07) is 17.7. The highest BCUT2D eigenvalue weighted by Gasteiger charge is 2.20. The minimum absolute atomic E-state index is 0.122. The molecule has 0 unspecified atom stereocenters. The Kier molecular flexibility index (Phi) is 6.92. The number of nitrogens with zero attached hydrogens (tertiary/aromatic N) is 3. The molecule has 8 heteroatoms. The number of hydrogen-bond acceptors (Lipinski definition) is 6. The van der Waals surface area contributed by atoms with Crippen molar-refractivity contribution in [2.45, 2.75) is 25.5 Å². The van der Waals surface area contributed by atoms with Crippen LogP contribution < -0.4 is 10.1 Å². The van der Waals surface area contributed by atoms with Crippen molar-refractivity contribution in [1.29, 1.82) is 0 Å².